The highest BCUT2D eigenvalue weighted by Gasteiger charge is 2.18. The highest BCUT2D eigenvalue weighted by atomic mass is 32.1. The van der Waals surface area contributed by atoms with Crippen LogP contribution in [-0.2, 0) is 17.8 Å². The van der Waals surface area contributed by atoms with Gasteiger partial charge in [0.25, 0.3) is 5.56 Å². The highest BCUT2D eigenvalue weighted by Crippen LogP contribution is 2.16. The first-order valence-corrected chi connectivity index (χ1v) is 11.0. The van der Waals surface area contributed by atoms with Crippen molar-refractivity contribution in [2.75, 3.05) is 0 Å². The third-order valence-corrected chi connectivity index (χ3v) is 6.08. The van der Waals surface area contributed by atoms with Gasteiger partial charge in [-0.05, 0) is 48.9 Å². The zero-order valence-corrected chi connectivity index (χ0v) is 18.0. The van der Waals surface area contributed by atoms with Gasteiger partial charge in [0.05, 0.1) is 11.2 Å². The second kappa shape index (κ2) is 9.14. The molecule has 0 spiro atoms. The van der Waals surface area contributed by atoms with Crippen LogP contribution in [0.2, 0.25) is 0 Å². The van der Waals surface area contributed by atoms with Gasteiger partial charge in [0.2, 0.25) is 5.91 Å². The van der Waals surface area contributed by atoms with Gasteiger partial charge in [0.15, 0.2) is 0 Å². The number of thiophene rings is 1. The van der Waals surface area contributed by atoms with Gasteiger partial charge >= 0.3 is 5.69 Å². The van der Waals surface area contributed by atoms with Crippen LogP contribution >= 0.6 is 11.3 Å². The molecule has 158 valence electrons. The molecule has 7 heteroatoms. The molecule has 4 aromatic rings. The molecule has 0 fully saturated rings. The SMILES string of the molecule is C[C@@H](CCc1ccccc1)NC(=O)Cn1c(=O)n(-c2ccccc2)c(=O)c2sccc21. The minimum Gasteiger partial charge on any atom is -0.352 e. The van der Waals surface area contributed by atoms with E-state index in [9.17, 15) is 14.4 Å². The van der Waals surface area contributed by atoms with E-state index in [4.69, 9.17) is 0 Å². The lowest BCUT2D eigenvalue weighted by Crippen LogP contribution is -2.43. The molecule has 31 heavy (non-hydrogen) atoms. The van der Waals surface area contributed by atoms with E-state index >= 15 is 0 Å². The van der Waals surface area contributed by atoms with Crippen molar-refractivity contribution in [3.05, 3.63) is 98.5 Å². The van der Waals surface area contributed by atoms with Crippen molar-refractivity contribution in [3.8, 4) is 5.69 Å². The molecular formula is C24H23N3O3S. The molecule has 0 aliphatic rings. The highest BCUT2D eigenvalue weighted by molar-refractivity contribution is 7.17. The van der Waals surface area contributed by atoms with Crippen LogP contribution in [0.4, 0.5) is 0 Å². The first kappa shape index (κ1) is 20.8. The van der Waals surface area contributed by atoms with Gasteiger partial charge in [0.1, 0.15) is 11.2 Å². The number of amides is 1. The fraction of sp³-hybridized carbons (Fsp3) is 0.208. The maximum atomic E-state index is 13.2. The first-order chi connectivity index (χ1) is 15.0. The lowest BCUT2D eigenvalue weighted by atomic mass is 10.1. The second-order valence-corrected chi connectivity index (χ2v) is 8.39. The molecule has 1 N–H and O–H groups in total. The maximum Gasteiger partial charge on any atom is 0.336 e. The van der Waals surface area contributed by atoms with Crippen molar-refractivity contribution in [1.82, 2.24) is 14.5 Å². The van der Waals surface area contributed by atoms with Crippen LogP contribution < -0.4 is 16.6 Å². The average Bonchev–Trinajstić information content (AvgIpc) is 3.27. The van der Waals surface area contributed by atoms with Gasteiger partial charge in [-0.2, -0.15) is 0 Å². The van der Waals surface area contributed by atoms with E-state index < -0.39 is 5.69 Å². The molecule has 4 rings (SSSR count). The number of fused-ring (bicyclic) bond motifs is 1. The van der Waals surface area contributed by atoms with Crippen molar-refractivity contribution < 1.29 is 4.79 Å². The number of nitrogens with one attached hydrogen (secondary N) is 1. The maximum absolute atomic E-state index is 13.2. The number of carbonyl (C=O) groups is 1. The zero-order chi connectivity index (χ0) is 21.8. The van der Waals surface area contributed by atoms with Crippen LogP contribution in [0.5, 0.6) is 0 Å². The van der Waals surface area contributed by atoms with Crippen LogP contribution in [-0.4, -0.2) is 21.1 Å². The molecule has 2 aromatic heterocycles. The van der Waals surface area contributed by atoms with E-state index in [1.54, 1.807) is 35.7 Å². The molecule has 0 aliphatic heterocycles. The number of nitrogens with zero attached hydrogens (tertiary/aromatic N) is 2. The summed E-state index contributed by atoms with van der Waals surface area (Å²) in [5.74, 6) is -0.256. The summed E-state index contributed by atoms with van der Waals surface area (Å²) in [5.41, 5.74) is 1.30. The molecule has 1 atom stereocenters. The van der Waals surface area contributed by atoms with Crippen molar-refractivity contribution >= 4 is 27.5 Å². The number of aromatic nitrogens is 2. The van der Waals surface area contributed by atoms with Crippen LogP contribution in [0.25, 0.3) is 15.9 Å². The second-order valence-electron chi connectivity index (χ2n) is 7.47. The molecule has 0 saturated carbocycles. The summed E-state index contributed by atoms with van der Waals surface area (Å²) < 4.78 is 2.96. The number of benzene rings is 2. The molecule has 0 bridgehead atoms. The minimum atomic E-state index is -0.519. The molecule has 0 saturated heterocycles. The van der Waals surface area contributed by atoms with E-state index in [1.165, 1.54) is 21.5 Å². The van der Waals surface area contributed by atoms with Crippen molar-refractivity contribution in [3.63, 3.8) is 0 Å². The summed E-state index contributed by atoms with van der Waals surface area (Å²) in [6.07, 6.45) is 1.65. The van der Waals surface area contributed by atoms with Gasteiger partial charge in [-0.25, -0.2) is 9.36 Å². The van der Waals surface area contributed by atoms with Gasteiger partial charge < -0.3 is 5.32 Å². The van der Waals surface area contributed by atoms with Gasteiger partial charge in [-0.1, -0.05) is 48.5 Å². The van der Waals surface area contributed by atoms with Gasteiger partial charge in [-0.3, -0.25) is 14.2 Å². The molecule has 0 radical (unpaired) electrons. The summed E-state index contributed by atoms with van der Waals surface area (Å²) in [6.45, 7) is 1.81. The Morgan fingerprint density at radius 2 is 1.68 bits per heavy atom. The van der Waals surface area contributed by atoms with Crippen molar-refractivity contribution in [1.29, 1.82) is 0 Å². The number of hydrogen-bond acceptors (Lipinski definition) is 4. The average molecular weight is 434 g/mol. The normalized spacial score (nSPS) is 12.0. The number of rotatable bonds is 7. The Hall–Kier alpha value is -3.45. The van der Waals surface area contributed by atoms with Gasteiger partial charge in [0, 0.05) is 6.04 Å². The minimum absolute atomic E-state index is 0.0404. The predicted molar refractivity (Wildman–Crippen MR) is 124 cm³/mol. The summed E-state index contributed by atoms with van der Waals surface area (Å²) in [4.78, 5) is 38.8. The third-order valence-electron chi connectivity index (χ3n) is 5.19. The van der Waals surface area contributed by atoms with Crippen molar-refractivity contribution in [2.45, 2.75) is 32.4 Å². The van der Waals surface area contributed by atoms with E-state index in [0.29, 0.717) is 15.9 Å². The van der Waals surface area contributed by atoms with E-state index in [2.05, 4.69) is 17.4 Å². The lowest BCUT2D eigenvalue weighted by molar-refractivity contribution is -0.122. The smallest absolute Gasteiger partial charge is 0.336 e. The predicted octanol–water partition coefficient (Wildman–Crippen LogP) is 3.35. The monoisotopic (exact) mass is 433 g/mol. The molecular weight excluding hydrogens is 410 g/mol. The number of para-hydroxylation sites is 1. The third kappa shape index (κ3) is 4.51. The van der Waals surface area contributed by atoms with Crippen LogP contribution in [0.15, 0.2) is 81.7 Å². The Bertz CT molecular complexity index is 1310. The molecule has 2 aromatic carbocycles. The summed E-state index contributed by atoms with van der Waals surface area (Å²) in [5, 5.41) is 4.74. The Morgan fingerprint density at radius 1 is 1.00 bits per heavy atom. The Kier molecular flexibility index (Phi) is 6.13. The van der Waals surface area contributed by atoms with E-state index in [-0.39, 0.29) is 24.1 Å². The van der Waals surface area contributed by atoms with Crippen molar-refractivity contribution in [2.24, 2.45) is 0 Å². The first-order valence-electron chi connectivity index (χ1n) is 10.2. The van der Waals surface area contributed by atoms with E-state index in [0.717, 1.165) is 17.4 Å². The molecule has 2 heterocycles. The molecule has 0 aliphatic carbocycles. The largest absolute Gasteiger partial charge is 0.352 e. The fourth-order valence-corrected chi connectivity index (χ4v) is 4.43. The topological polar surface area (TPSA) is 73.1 Å². The lowest BCUT2D eigenvalue weighted by Gasteiger charge is -2.16. The Labute approximate surface area is 183 Å². The number of hydrogen-bond donors (Lipinski definition) is 1. The fourth-order valence-electron chi connectivity index (χ4n) is 3.61. The standard InChI is InChI=1S/C24H23N3O3S/c1-17(12-13-18-8-4-2-5-9-18)25-21(28)16-26-20-14-15-31-22(20)23(29)27(24(26)30)19-10-6-3-7-11-19/h2-11,14-15,17H,12-13,16H2,1H3,(H,25,28)/t17-/m0/s1. The van der Waals surface area contributed by atoms with Crippen LogP contribution in [0, 0.1) is 0 Å². The Morgan fingerprint density at radius 3 is 2.39 bits per heavy atom. The molecule has 0 unspecified atom stereocenters. The van der Waals surface area contributed by atoms with Gasteiger partial charge in [-0.15, -0.1) is 11.3 Å². The molecule has 1 amide bonds. The summed E-state index contributed by atoms with van der Waals surface area (Å²) in [7, 11) is 0. The number of aryl methyl sites for hydroxylation is 1. The van der Waals surface area contributed by atoms with Crippen LogP contribution in [0.1, 0.15) is 18.9 Å². The summed E-state index contributed by atoms with van der Waals surface area (Å²) in [6, 6.07) is 20.5. The quantitative estimate of drug-likeness (QED) is 0.486. The Balaban J connectivity index is 1.57. The number of carbonyl (C=O) groups excluding carboxylic acids is 1. The summed E-state index contributed by atoms with van der Waals surface area (Å²) >= 11 is 1.27. The van der Waals surface area contributed by atoms with E-state index in [1.807, 2.05) is 31.2 Å². The zero-order valence-electron chi connectivity index (χ0n) is 17.2. The van der Waals surface area contributed by atoms with Crippen LogP contribution in [0.3, 0.4) is 0 Å². The molecule has 6 nitrogen and oxygen atoms in total.